The lowest BCUT2D eigenvalue weighted by Crippen LogP contribution is -2.34. The van der Waals surface area contributed by atoms with Gasteiger partial charge in [0.25, 0.3) is 0 Å². The molecule has 1 amide bonds. The van der Waals surface area contributed by atoms with E-state index in [0.29, 0.717) is 13.1 Å². The fraction of sp³-hybridized carbons (Fsp3) is 0.250. The molecule has 30 heavy (non-hydrogen) atoms. The van der Waals surface area contributed by atoms with Crippen molar-refractivity contribution in [1.82, 2.24) is 10.2 Å². The van der Waals surface area contributed by atoms with E-state index in [0.717, 1.165) is 21.3 Å². The van der Waals surface area contributed by atoms with Crippen LogP contribution in [0.5, 0.6) is 5.75 Å². The molecule has 2 aromatic carbocycles. The molecule has 2 rings (SSSR count). The molecule has 0 fully saturated rings. The molecule has 2 aromatic rings. The normalized spacial score (nSPS) is 10.0. The van der Waals surface area contributed by atoms with Crippen LogP contribution in [0.2, 0.25) is 0 Å². The van der Waals surface area contributed by atoms with Crippen LogP contribution in [0.25, 0.3) is 0 Å². The third-order valence-electron chi connectivity index (χ3n) is 3.68. The summed E-state index contributed by atoms with van der Waals surface area (Å²) in [4.78, 5) is 32.1. The molecule has 162 valence electrons. The van der Waals surface area contributed by atoms with E-state index in [1.54, 1.807) is 19.2 Å². The summed E-state index contributed by atoms with van der Waals surface area (Å²) >= 11 is 3.44. The Morgan fingerprint density at radius 1 is 1.10 bits per heavy atom. The van der Waals surface area contributed by atoms with E-state index < -0.39 is 11.9 Å². The van der Waals surface area contributed by atoms with E-state index in [-0.39, 0.29) is 18.3 Å². The number of likely N-dealkylation sites (N-methyl/N-ethyl adjacent to an activating group) is 1. The van der Waals surface area contributed by atoms with Crippen LogP contribution in [-0.2, 0) is 27.5 Å². The highest BCUT2D eigenvalue weighted by Gasteiger charge is 2.11. The number of nitrogens with one attached hydrogen (secondary N) is 1. The molecule has 0 atom stereocenters. The average molecular weight is 485 g/mol. The van der Waals surface area contributed by atoms with Gasteiger partial charge in [-0.05, 0) is 42.9 Å². The first-order valence-corrected chi connectivity index (χ1v) is 9.40. The maximum atomic E-state index is 12.8. The van der Waals surface area contributed by atoms with Crippen molar-refractivity contribution in [2.75, 3.05) is 20.7 Å². The van der Waals surface area contributed by atoms with Crippen molar-refractivity contribution < 1.29 is 33.7 Å². The van der Waals surface area contributed by atoms with Gasteiger partial charge in [-0.15, -0.1) is 0 Å². The number of carbonyl (C=O) groups excluding carboxylic acids is 1. The average Bonchev–Trinajstić information content (AvgIpc) is 2.68. The van der Waals surface area contributed by atoms with Gasteiger partial charge in [-0.2, -0.15) is 0 Å². The van der Waals surface area contributed by atoms with Crippen LogP contribution in [0.15, 0.2) is 46.9 Å². The lowest BCUT2D eigenvalue weighted by Gasteiger charge is -2.18. The Morgan fingerprint density at radius 3 is 2.23 bits per heavy atom. The fourth-order valence-electron chi connectivity index (χ4n) is 2.32. The predicted molar refractivity (Wildman–Crippen MR) is 111 cm³/mol. The van der Waals surface area contributed by atoms with Gasteiger partial charge in [0.2, 0.25) is 5.91 Å². The van der Waals surface area contributed by atoms with Gasteiger partial charge >= 0.3 is 11.9 Å². The van der Waals surface area contributed by atoms with Crippen molar-refractivity contribution in [1.29, 1.82) is 0 Å². The largest absolute Gasteiger partial charge is 0.496 e. The molecule has 0 saturated heterocycles. The topological polar surface area (TPSA) is 116 Å². The number of carboxylic acids is 2. The maximum Gasteiger partial charge on any atom is 0.414 e. The van der Waals surface area contributed by atoms with Crippen LogP contribution in [0.3, 0.4) is 0 Å². The summed E-state index contributed by atoms with van der Waals surface area (Å²) < 4.78 is 19.2. The zero-order chi connectivity index (χ0) is 22.7. The smallest absolute Gasteiger partial charge is 0.414 e. The van der Waals surface area contributed by atoms with Crippen LogP contribution >= 0.6 is 15.9 Å². The highest BCUT2D eigenvalue weighted by molar-refractivity contribution is 9.10. The van der Waals surface area contributed by atoms with Crippen LogP contribution in [0, 0.1) is 5.82 Å². The summed E-state index contributed by atoms with van der Waals surface area (Å²) in [6, 6.07) is 11.9. The molecule has 0 heterocycles. The van der Waals surface area contributed by atoms with E-state index in [1.807, 2.05) is 30.1 Å². The molecule has 3 N–H and O–H groups in total. The van der Waals surface area contributed by atoms with Crippen LogP contribution < -0.4 is 10.1 Å². The minimum Gasteiger partial charge on any atom is -0.496 e. The molecule has 0 bridgehead atoms. The van der Waals surface area contributed by atoms with Gasteiger partial charge in [0, 0.05) is 23.1 Å². The van der Waals surface area contributed by atoms with Gasteiger partial charge in [-0.1, -0.05) is 28.1 Å². The zero-order valence-corrected chi connectivity index (χ0v) is 18.0. The zero-order valence-electron chi connectivity index (χ0n) is 16.4. The van der Waals surface area contributed by atoms with Crippen molar-refractivity contribution in [3.05, 3.63) is 63.9 Å². The fourth-order valence-corrected chi connectivity index (χ4v) is 2.73. The standard InChI is InChI=1S/C18H20BrFN2O2.C2H2O4/c1-22(11-14-9-15(19)5-8-17(14)24-2)12-18(23)21-10-13-3-6-16(20)7-4-13;3-1(4)2(5)6/h3-9H,10-12H2,1-2H3,(H,21,23);(H,3,4)(H,5,6). The summed E-state index contributed by atoms with van der Waals surface area (Å²) in [6.45, 7) is 1.23. The number of hydrogen-bond donors (Lipinski definition) is 3. The van der Waals surface area contributed by atoms with E-state index in [1.165, 1.54) is 12.1 Å². The SMILES string of the molecule is COc1ccc(Br)cc1CN(C)CC(=O)NCc1ccc(F)cc1.O=C(O)C(=O)O. The number of carboxylic acid groups (broad SMARTS) is 2. The van der Waals surface area contributed by atoms with Crippen molar-refractivity contribution in [3.8, 4) is 5.75 Å². The van der Waals surface area contributed by atoms with Crippen LogP contribution in [-0.4, -0.2) is 53.7 Å². The van der Waals surface area contributed by atoms with E-state index in [4.69, 9.17) is 24.5 Å². The highest BCUT2D eigenvalue weighted by atomic mass is 79.9. The minimum absolute atomic E-state index is 0.0872. The van der Waals surface area contributed by atoms with Gasteiger partial charge in [-0.25, -0.2) is 14.0 Å². The number of hydrogen-bond acceptors (Lipinski definition) is 5. The number of ether oxygens (including phenoxy) is 1. The Labute approximate surface area is 181 Å². The first-order chi connectivity index (χ1) is 14.1. The lowest BCUT2D eigenvalue weighted by molar-refractivity contribution is -0.159. The maximum absolute atomic E-state index is 12.8. The molecule has 0 radical (unpaired) electrons. The molecule has 0 aromatic heterocycles. The Hall–Kier alpha value is -2.98. The molecule has 0 saturated carbocycles. The summed E-state index contributed by atoms with van der Waals surface area (Å²) in [5, 5.41) is 17.6. The molecule has 0 unspecified atom stereocenters. The Bertz CT molecular complexity index is 864. The minimum atomic E-state index is -1.82. The van der Waals surface area contributed by atoms with Gasteiger partial charge in [0.15, 0.2) is 0 Å². The molecule has 0 aliphatic carbocycles. The number of methoxy groups -OCH3 is 1. The first kappa shape index (κ1) is 25.1. The monoisotopic (exact) mass is 484 g/mol. The van der Waals surface area contributed by atoms with Crippen molar-refractivity contribution in [3.63, 3.8) is 0 Å². The Morgan fingerprint density at radius 2 is 1.70 bits per heavy atom. The summed E-state index contributed by atoms with van der Waals surface area (Å²) in [6.07, 6.45) is 0. The third-order valence-corrected chi connectivity index (χ3v) is 4.18. The van der Waals surface area contributed by atoms with Crippen LogP contribution in [0.4, 0.5) is 4.39 Å². The number of benzene rings is 2. The highest BCUT2D eigenvalue weighted by Crippen LogP contribution is 2.23. The Kier molecular flexibility index (Phi) is 10.5. The number of rotatable bonds is 7. The summed E-state index contributed by atoms with van der Waals surface area (Å²) in [5.74, 6) is -3.23. The van der Waals surface area contributed by atoms with Crippen LogP contribution in [0.1, 0.15) is 11.1 Å². The van der Waals surface area contributed by atoms with Crippen molar-refractivity contribution >= 4 is 33.8 Å². The van der Waals surface area contributed by atoms with E-state index in [2.05, 4.69) is 21.2 Å². The summed E-state index contributed by atoms with van der Waals surface area (Å²) in [7, 11) is 3.50. The van der Waals surface area contributed by atoms with E-state index >= 15 is 0 Å². The molecule has 0 aliphatic heterocycles. The second-order valence-electron chi connectivity index (χ2n) is 6.14. The first-order valence-electron chi connectivity index (χ1n) is 8.60. The number of carbonyl (C=O) groups is 3. The third kappa shape index (κ3) is 9.48. The Balaban J connectivity index is 0.000000656. The second-order valence-corrected chi connectivity index (χ2v) is 7.06. The van der Waals surface area contributed by atoms with Gasteiger partial charge in [-0.3, -0.25) is 9.69 Å². The van der Waals surface area contributed by atoms with Gasteiger partial charge in [0.05, 0.1) is 13.7 Å². The van der Waals surface area contributed by atoms with E-state index in [9.17, 15) is 9.18 Å². The summed E-state index contributed by atoms with van der Waals surface area (Å²) in [5.41, 5.74) is 1.86. The van der Waals surface area contributed by atoms with Gasteiger partial charge < -0.3 is 20.3 Å². The molecule has 0 aliphatic rings. The molecule has 0 spiro atoms. The number of aliphatic carboxylic acids is 2. The molecular weight excluding hydrogens is 463 g/mol. The number of halogens is 2. The number of amides is 1. The lowest BCUT2D eigenvalue weighted by atomic mass is 10.2. The number of nitrogens with zero attached hydrogens (tertiary/aromatic N) is 1. The van der Waals surface area contributed by atoms with Gasteiger partial charge in [0.1, 0.15) is 11.6 Å². The van der Waals surface area contributed by atoms with Crippen molar-refractivity contribution in [2.24, 2.45) is 0 Å². The van der Waals surface area contributed by atoms with Crippen molar-refractivity contribution in [2.45, 2.75) is 13.1 Å². The quantitative estimate of drug-likeness (QED) is 0.516. The molecular formula is C20H22BrFN2O6. The predicted octanol–water partition coefficient (Wildman–Crippen LogP) is 2.50. The molecule has 10 heteroatoms. The second kappa shape index (κ2) is 12.6. The molecule has 8 nitrogen and oxygen atoms in total.